The summed E-state index contributed by atoms with van der Waals surface area (Å²) in [7, 11) is 0. The quantitative estimate of drug-likeness (QED) is 0.739. The summed E-state index contributed by atoms with van der Waals surface area (Å²) in [5.74, 6) is -4.14. The molecule has 0 spiro atoms. The monoisotopic (exact) mass is 323 g/mol. The number of carbonyl (C=O) groups is 3. The van der Waals surface area contributed by atoms with Gasteiger partial charge in [0.25, 0.3) is 0 Å². The number of carboxylic acid groups (broad SMARTS) is 2. The van der Waals surface area contributed by atoms with E-state index in [1.54, 1.807) is 12.2 Å². The van der Waals surface area contributed by atoms with Gasteiger partial charge in [0.1, 0.15) is 0 Å². The first kappa shape index (κ1) is 16.0. The van der Waals surface area contributed by atoms with Crippen LogP contribution in [0.2, 0.25) is 5.02 Å². The maximum absolute atomic E-state index is 12.3. The molecule has 1 aliphatic rings. The van der Waals surface area contributed by atoms with Crippen molar-refractivity contribution in [3.63, 3.8) is 0 Å². The van der Waals surface area contributed by atoms with Gasteiger partial charge in [-0.2, -0.15) is 0 Å². The predicted octanol–water partition coefficient (Wildman–Crippen LogP) is 2.64. The number of halogens is 1. The second-order valence-electron chi connectivity index (χ2n) is 4.98. The fraction of sp³-hybridized carbons (Fsp3) is 0.267. The van der Waals surface area contributed by atoms with Gasteiger partial charge in [-0.3, -0.25) is 9.59 Å². The molecule has 2 rings (SSSR count). The minimum atomic E-state index is -1.20. The summed E-state index contributed by atoms with van der Waals surface area (Å²) in [5.41, 5.74) is 0.142. The summed E-state index contributed by atoms with van der Waals surface area (Å²) in [6.45, 7) is 0. The number of carboxylic acids is 2. The zero-order chi connectivity index (χ0) is 16.3. The van der Waals surface area contributed by atoms with Crippen molar-refractivity contribution in [2.45, 2.75) is 12.8 Å². The number of hydrogen-bond acceptors (Lipinski definition) is 3. The van der Waals surface area contributed by atoms with Crippen LogP contribution in [0.15, 0.2) is 30.4 Å². The summed E-state index contributed by atoms with van der Waals surface area (Å²) in [4.78, 5) is 34.5. The molecule has 7 heteroatoms. The standard InChI is InChI=1S/C15H14ClNO5/c16-12-6-5-8(7-11(12)15(21)22)17-13(18)9-3-1-2-4-10(9)14(19)20/h1-2,5-7,9-10H,3-4H2,(H,17,18)(H,19,20)(H,21,22). The number of anilines is 1. The summed E-state index contributed by atoms with van der Waals surface area (Å²) in [6, 6.07) is 4.09. The number of rotatable bonds is 4. The molecule has 0 radical (unpaired) electrons. The lowest BCUT2D eigenvalue weighted by atomic mass is 9.82. The Labute approximate surface area is 131 Å². The maximum Gasteiger partial charge on any atom is 0.337 e. The lowest BCUT2D eigenvalue weighted by molar-refractivity contribution is -0.146. The summed E-state index contributed by atoms with van der Waals surface area (Å²) < 4.78 is 0. The van der Waals surface area contributed by atoms with Gasteiger partial charge in [0.15, 0.2) is 0 Å². The molecule has 0 saturated carbocycles. The molecule has 0 aliphatic heterocycles. The van der Waals surface area contributed by atoms with E-state index >= 15 is 0 Å². The first-order chi connectivity index (χ1) is 10.4. The van der Waals surface area contributed by atoms with Crippen molar-refractivity contribution in [3.05, 3.63) is 40.9 Å². The van der Waals surface area contributed by atoms with Crippen molar-refractivity contribution < 1.29 is 24.6 Å². The van der Waals surface area contributed by atoms with E-state index in [0.717, 1.165) is 0 Å². The molecule has 6 nitrogen and oxygen atoms in total. The van der Waals surface area contributed by atoms with E-state index in [1.165, 1.54) is 18.2 Å². The molecule has 3 N–H and O–H groups in total. The highest BCUT2D eigenvalue weighted by atomic mass is 35.5. The normalized spacial score (nSPS) is 20.4. The Morgan fingerprint density at radius 2 is 1.73 bits per heavy atom. The third-order valence-corrected chi connectivity index (χ3v) is 3.88. The molecule has 22 heavy (non-hydrogen) atoms. The van der Waals surface area contributed by atoms with Crippen LogP contribution in [0.25, 0.3) is 0 Å². The molecule has 0 bridgehead atoms. The van der Waals surface area contributed by atoms with Crippen LogP contribution in [0, 0.1) is 11.8 Å². The molecule has 2 unspecified atom stereocenters. The van der Waals surface area contributed by atoms with Gasteiger partial charge in [-0.05, 0) is 31.0 Å². The number of nitrogens with one attached hydrogen (secondary N) is 1. The molecule has 0 fully saturated rings. The number of aliphatic carboxylic acids is 1. The number of benzene rings is 1. The first-order valence-electron chi connectivity index (χ1n) is 6.61. The van der Waals surface area contributed by atoms with Gasteiger partial charge in [0, 0.05) is 5.69 Å². The zero-order valence-corrected chi connectivity index (χ0v) is 12.2. The van der Waals surface area contributed by atoms with E-state index in [9.17, 15) is 14.4 Å². The molecule has 0 saturated heterocycles. The molecule has 0 aromatic heterocycles. The van der Waals surface area contributed by atoms with Crippen LogP contribution in [0.1, 0.15) is 23.2 Å². The van der Waals surface area contributed by atoms with Gasteiger partial charge in [-0.1, -0.05) is 23.8 Å². The van der Waals surface area contributed by atoms with Gasteiger partial charge >= 0.3 is 11.9 Å². The molecular weight excluding hydrogens is 310 g/mol. The van der Waals surface area contributed by atoms with Gasteiger partial charge in [0.05, 0.1) is 22.4 Å². The highest BCUT2D eigenvalue weighted by Crippen LogP contribution is 2.28. The molecule has 1 aromatic rings. The Morgan fingerprint density at radius 3 is 2.32 bits per heavy atom. The Kier molecular flexibility index (Phi) is 4.82. The second kappa shape index (κ2) is 6.62. The SMILES string of the molecule is O=C(O)c1cc(NC(=O)C2CC=CCC2C(=O)O)ccc1Cl. The van der Waals surface area contributed by atoms with E-state index in [4.69, 9.17) is 21.8 Å². The Morgan fingerprint density at radius 1 is 1.09 bits per heavy atom. The van der Waals surface area contributed by atoms with Crippen molar-refractivity contribution in [2.75, 3.05) is 5.32 Å². The molecule has 1 aliphatic carbocycles. The van der Waals surface area contributed by atoms with Crippen molar-refractivity contribution in [3.8, 4) is 0 Å². The summed E-state index contributed by atoms with van der Waals surface area (Å²) in [6.07, 6.45) is 4.15. The van der Waals surface area contributed by atoms with Crippen LogP contribution in [0.5, 0.6) is 0 Å². The third-order valence-electron chi connectivity index (χ3n) is 3.55. The minimum absolute atomic E-state index is 0.0644. The third kappa shape index (κ3) is 3.46. The number of hydrogen-bond donors (Lipinski definition) is 3. The topological polar surface area (TPSA) is 104 Å². The summed E-state index contributed by atoms with van der Waals surface area (Å²) >= 11 is 5.76. The fourth-order valence-corrected chi connectivity index (χ4v) is 2.58. The number of aromatic carboxylic acids is 1. The van der Waals surface area contributed by atoms with Gasteiger partial charge in [-0.25, -0.2) is 4.79 Å². The van der Waals surface area contributed by atoms with Crippen molar-refractivity contribution >= 4 is 35.1 Å². The smallest absolute Gasteiger partial charge is 0.337 e. The predicted molar refractivity (Wildman–Crippen MR) is 80.0 cm³/mol. The lowest BCUT2D eigenvalue weighted by Crippen LogP contribution is -2.34. The van der Waals surface area contributed by atoms with Crippen LogP contribution in [-0.4, -0.2) is 28.1 Å². The highest BCUT2D eigenvalue weighted by molar-refractivity contribution is 6.33. The fourth-order valence-electron chi connectivity index (χ4n) is 2.38. The summed E-state index contributed by atoms with van der Waals surface area (Å²) in [5, 5.41) is 20.8. The van der Waals surface area contributed by atoms with Crippen LogP contribution in [-0.2, 0) is 9.59 Å². The van der Waals surface area contributed by atoms with Crippen molar-refractivity contribution in [2.24, 2.45) is 11.8 Å². The van der Waals surface area contributed by atoms with Crippen molar-refractivity contribution in [1.29, 1.82) is 0 Å². The Bertz CT molecular complexity index is 655. The Balaban J connectivity index is 2.18. The van der Waals surface area contributed by atoms with Crippen molar-refractivity contribution in [1.82, 2.24) is 0 Å². The highest BCUT2D eigenvalue weighted by Gasteiger charge is 2.34. The molecule has 1 amide bonds. The largest absolute Gasteiger partial charge is 0.481 e. The van der Waals surface area contributed by atoms with Crippen LogP contribution >= 0.6 is 11.6 Å². The molecule has 116 valence electrons. The van der Waals surface area contributed by atoms with E-state index in [2.05, 4.69) is 5.32 Å². The minimum Gasteiger partial charge on any atom is -0.481 e. The lowest BCUT2D eigenvalue weighted by Gasteiger charge is -2.24. The van der Waals surface area contributed by atoms with Crippen LogP contribution in [0.4, 0.5) is 5.69 Å². The first-order valence-corrected chi connectivity index (χ1v) is 6.99. The van der Waals surface area contributed by atoms with Gasteiger partial charge < -0.3 is 15.5 Å². The average Bonchev–Trinajstić information content (AvgIpc) is 2.48. The number of carbonyl (C=O) groups excluding carboxylic acids is 1. The zero-order valence-electron chi connectivity index (χ0n) is 11.5. The molecule has 2 atom stereocenters. The van der Waals surface area contributed by atoms with E-state index in [0.29, 0.717) is 12.8 Å². The van der Waals surface area contributed by atoms with E-state index in [-0.39, 0.29) is 16.3 Å². The molecular formula is C15H14ClNO5. The van der Waals surface area contributed by atoms with Gasteiger partial charge in [-0.15, -0.1) is 0 Å². The number of amides is 1. The van der Waals surface area contributed by atoms with Gasteiger partial charge in [0.2, 0.25) is 5.91 Å². The number of allylic oxidation sites excluding steroid dienone is 2. The van der Waals surface area contributed by atoms with E-state index in [1.807, 2.05) is 0 Å². The average molecular weight is 324 g/mol. The molecule has 1 aromatic carbocycles. The van der Waals surface area contributed by atoms with Crippen LogP contribution in [0.3, 0.4) is 0 Å². The van der Waals surface area contributed by atoms with E-state index < -0.39 is 29.7 Å². The van der Waals surface area contributed by atoms with Crippen LogP contribution < -0.4 is 5.32 Å². The molecule has 0 heterocycles. The Hall–Kier alpha value is -2.34. The second-order valence-corrected chi connectivity index (χ2v) is 5.39. The maximum atomic E-state index is 12.3.